The van der Waals surface area contributed by atoms with Gasteiger partial charge in [-0.15, -0.1) is 0 Å². The third-order valence-electron chi connectivity index (χ3n) is 0.820. The molecule has 0 rings (SSSR count). The van der Waals surface area contributed by atoms with Gasteiger partial charge in [0.05, 0.1) is 0 Å². The lowest BCUT2D eigenvalue weighted by molar-refractivity contribution is -0.217. The Morgan fingerprint density at radius 2 is 1.60 bits per heavy atom. The number of hydrogen-bond donors (Lipinski definition) is 1. The maximum Gasteiger partial charge on any atom is 0.403 e. The molecule has 0 bridgehead atoms. The molecular formula is C4H4F4O2. The lowest BCUT2D eigenvalue weighted by Crippen LogP contribution is -2.44. The number of carboxylic acid groups (broad SMARTS) is 1. The molecule has 0 saturated carbocycles. The number of alkyl halides is 4. The van der Waals surface area contributed by atoms with E-state index >= 15 is 0 Å². The summed E-state index contributed by atoms with van der Waals surface area (Å²) in [6.45, 7) is -0.152. The Hall–Kier alpha value is -0.810. The zero-order valence-corrected chi connectivity index (χ0v) is 4.87. The molecule has 0 aromatic rings. The van der Waals surface area contributed by atoms with E-state index in [1.807, 2.05) is 0 Å². The number of carboxylic acids is 1. The minimum Gasteiger partial charge on any atom is -0.477 e. The van der Waals surface area contributed by atoms with Crippen LogP contribution in [0, 0.1) is 0 Å². The first-order valence-corrected chi connectivity index (χ1v) is 2.18. The van der Waals surface area contributed by atoms with Crippen LogP contribution in [0.15, 0.2) is 0 Å². The largest absolute Gasteiger partial charge is 0.477 e. The van der Waals surface area contributed by atoms with Gasteiger partial charge in [0.2, 0.25) is 0 Å². The molecule has 0 aromatic heterocycles. The van der Waals surface area contributed by atoms with E-state index in [1.165, 1.54) is 0 Å². The molecule has 0 spiro atoms. The summed E-state index contributed by atoms with van der Waals surface area (Å²) < 4.78 is 46.6. The Labute approximate surface area is 53.5 Å². The number of halogens is 4. The van der Waals surface area contributed by atoms with Gasteiger partial charge in [-0.05, 0) is 0 Å². The summed E-state index contributed by atoms with van der Waals surface area (Å²) in [5, 5.41) is 7.55. The molecule has 10 heavy (non-hydrogen) atoms. The van der Waals surface area contributed by atoms with Crippen molar-refractivity contribution >= 4 is 5.97 Å². The summed E-state index contributed by atoms with van der Waals surface area (Å²) in [6, 6.07) is 0. The smallest absolute Gasteiger partial charge is 0.403 e. The van der Waals surface area contributed by atoms with E-state index in [4.69, 9.17) is 5.11 Å². The average Bonchev–Trinajstić information content (AvgIpc) is 1.62. The molecule has 6 heteroatoms. The SMILES string of the molecule is CC(F)(F)C(F)(F)C(=O)O. The zero-order valence-electron chi connectivity index (χ0n) is 4.87. The molecule has 60 valence electrons. The Balaban J connectivity index is 4.57. The van der Waals surface area contributed by atoms with Crippen LogP contribution in [-0.2, 0) is 4.79 Å². The van der Waals surface area contributed by atoms with Crippen molar-refractivity contribution in [3.63, 3.8) is 0 Å². The topological polar surface area (TPSA) is 37.3 Å². The quantitative estimate of drug-likeness (QED) is 0.619. The van der Waals surface area contributed by atoms with E-state index in [0.717, 1.165) is 0 Å². The third kappa shape index (κ3) is 1.37. The second-order valence-corrected chi connectivity index (χ2v) is 1.77. The molecule has 0 aliphatic carbocycles. The fraction of sp³-hybridized carbons (Fsp3) is 0.750. The molecule has 2 nitrogen and oxygen atoms in total. The monoisotopic (exact) mass is 160 g/mol. The molecule has 0 atom stereocenters. The first kappa shape index (κ1) is 9.19. The summed E-state index contributed by atoms with van der Waals surface area (Å²) >= 11 is 0. The minimum atomic E-state index is -4.98. The van der Waals surface area contributed by atoms with E-state index in [9.17, 15) is 22.4 Å². The van der Waals surface area contributed by atoms with Crippen molar-refractivity contribution in [3.8, 4) is 0 Å². The van der Waals surface area contributed by atoms with Gasteiger partial charge in [-0.3, -0.25) is 0 Å². The van der Waals surface area contributed by atoms with Gasteiger partial charge in [0.15, 0.2) is 0 Å². The Bertz CT molecular complexity index is 148. The standard InChI is InChI=1S/C4H4F4O2/c1-3(5,6)4(7,8)2(9)10/h1H3,(H,9,10). The maximum atomic E-state index is 11.7. The summed E-state index contributed by atoms with van der Waals surface area (Å²) in [5.74, 6) is -12.3. The molecule has 0 fully saturated rings. The van der Waals surface area contributed by atoms with Crippen LogP contribution < -0.4 is 0 Å². The first-order valence-electron chi connectivity index (χ1n) is 2.18. The second kappa shape index (κ2) is 2.10. The van der Waals surface area contributed by atoms with Crippen molar-refractivity contribution in [1.82, 2.24) is 0 Å². The minimum absolute atomic E-state index is 0.152. The molecule has 0 amide bonds. The van der Waals surface area contributed by atoms with Crippen LogP contribution in [-0.4, -0.2) is 22.9 Å². The van der Waals surface area contributed by atoms with Gasteiger partial charge in [-0.2, -0.15) is 17.6 Å². The van der Waals surface area contributed by atoms with Crippen LogP contribution in [0.2, 0.25) is 0 Å². The summed E-state index contributed by atoms with van der Waals surface area (Å²) in [7, 11) is 0. The average molecular weight is 160 g/mol. The maximum absolute atomic E-state index is 11.7. The molecule has 0 aliphatic rings. The van der Waals surface area contributed by atoms with E-state index < -0.39 is 17.8 Å². The molecule has 0 saturated heterocycles. The fourth-order valence-corrected chi connectivity index (χ4v) is 0.188. The molecular weight excluding hydrogens is 156 g/mol. The summed E-state index contributed by atoms with van der Waals surface area (Å²) in [4.78, 5) is 9.44. The third-order valence-corrected chi connectivity index (χ3v) is 0.820. The van der Waals surface area contributed by atoms with Crippen LogP contribution in [0.5, 0.6) is 0 Å². The van der Waals surface area contributed by atoms with Crippen molar-refractivity contribution in [2.24, 2.45) is 0 Å². The normalized spacial score (nSPS) is 13.3. The van der Waals surface area contributed by atoms with E-state index in [2.05, 4.69) is 0 Å². The Kier molecular flexibility index (Phi) is 1.93. The molecule has 0 radical (unpaired) electrons. The lowest BCUT2D eigenvalue weighted by Gasteiger charge is -2.17. The highest BCUT2D eigenvalue weighted by molar-refractivity contribution is 5.76. The van der Waals surface area contributed by atoms with Gasteiger partial charge < -0.3 is 5.11 Å². The van der Waals surface area contributed by atoms with Crippen LogP contribution in [0.4, 0.5) is 17.6 Å². The van der Waals surface area contributed by atoms with Crippen molar-refractivity contribution in [3.05, 3.63) is 0 Å². The van der Waals surface area contributed by atoms with Gasteiger partial charge in [0.25, 0.3) is 0 Å². The van der Waals surface area contributed by atoms with Crippen molar-refractivity contribution in [2.45, 2.75) is 18.8 Å². The van der Waals surface area contributed by atoms with Crippen LogP contribution >= 0.6 is 0 Å². The van der Waals surface area contributed by atoms with E-state index in [0.29, 0.717) is 0 Å². The Morgan fingerprint density at radius 3 is 1.60 bits per heavy atom. The van der Waals surface area contributed by atoms with Gasteiger partial charge in [0, 0.05) is 6.92 Å². The summed E-state index contributed by atoms with van der Waals surface area (Å²) in [6.07, 6.45) is 0. The van der Waals surface area contributed by atoms with Gasteiger partial charge in [-0.1, -0.05) is 0 Å². The van der Waals surface area contributed by atoms with Crippen LogP contribution in [0.1, 0.15) is 6.92 Å². The molecule has 0 heterocycles. The van der Waals surface area contributed by atoms with Gasteiger partial charge >= 0.3 is 17.8 Å². The van der Waals surface area contributed by atoms with Gasteiger partial charge in [0.1, 0.15) is 0 Å². The Morgan fingerprint density at radius 1 is 1.30 bits per heavy atom. The van der Waals surface area contributed by atoms with Crippen LogP contribution in [0.3, 0.4) is 0 Å². The van der Waals surface area contributed by atoms with Crippen molar-refractivity contribution in [2.75, 3.05) is 0 Å². The highest BCUT2D eigenvalue weighted by Crippen LogP contribution is 2.33. The van der Waals surface area contributed by atoms with Crippen LogP contribution in [0.25, 0.3) is 0 Å². The van der Waals surface area contributed by atoms with E-state index in [1.54, 1.807) is 0 Å². The molecule has 0 aliphatic heterocycles. The summed E-state index contributed by atoms with van der Waals surface area (Å²) in [5.41, 5.74) is 0. The first-order chi connectivity index (χ1) is 4.19. The fourth-order valence-electron chi connectivity index (χ4n) is 0.188. The zero-order chi connectivity index (χ0) is 8.58. The molecule has 1 N–H and O–H groups in total. The lowest BCUT2D eigenvalue weighted by atomic mass is 10.2. The van der Waals surface area contributed by atoms with Crippen molar-refractivity contribution in [1.29, 1.82) is 0 Å². The predicted octanol–water partition coefficient (Wildman–Crippen LogP) is 1.36. The highest BCUT2D eigenvalue weighted by Gasteiger charge is 2.59. The number of hydrogen-bond acceptors (Lipinski definition) is 1. The molecule has 0 unspecified atom stereocenters. The van der Waals surface area contributed by atoms with Gasteiger partial charge in [-0.25, -0.2) is 4.79 Å². The van der Waals surface area contributed by atoms with Crippen molar-refractivity contribution < 1.29 is 27.5 Å². The number of aliphatic carboxylic acids is 1. The van der Waals surface area contributed by atoms with E-state index in [-0.39, 0.29) is 6.92 Å². The molecule has 0 aromatic carbocycles. The second-order valence-electron chi connectivity index (χ2n) is 1.77. The number of carbonyl (C=O) groups is 1. The highest BCUT2D eigenvalue weighted by atomic mass is 19.3. The predicted molar refractivity (Wildman–Crippen MR) is 23.2 cm³/mol. The number of rotatable bonds is 2.